The van der Waals surface area contributed by atoms with E-state index < -0.39 is 0 Å². The summed E-state index contributed by atoms with van der Waals surface area (Å²) in [6.45, 7) is 1.70. The van der Waals surface area contributed by atoms with Gasteiger partial charge in [-0.05, 0) is 37.1 Å². The molecule has 0 saturated carbocycles. The Bertz CT molecular complexity index is 765. The summed E-state index contributed by atoms with van der Waals surface area (Å²) in [5.74, 6) is 0.0965. The molecule has 1 aromatic heterocycles. The Labute approximate surface area is 157 Å². The summed E-state index contributed by atoms with van der Waals surface area (Å²) in [5.41, 5.74) is 0.864. The Morgan fingerprint density at radius 1 is 1.04 bits per heavy atom. The highest BCUT2D eigenvalue weighted by Gasteiger charge is 2.34. The molecule has 2 aromatic rings. The van der Waals surface area contributed by atoms with E-state index in [4.69, 9.17) is 9.15 Å². The smallest absolute Gasteiger partial charge is 0.261 e. The molecule has 2 heterocycles. The molecule has 7 heteroatoms. The van der Waals surface area contributed by atoms with Crippen molar-refractivity contribution < 1.29 is 23.5 Å². The maximum absolute atomic E-state index is 12.2. The van der Waals surface area contributed by atoms with Gasteiger partial charge in [0.15, 0.2) is 0 Å². The lowest BCUT2D eigenvalue weighted by molar-refractivity contribution is -0.121. The van der Waals surface area contributed by atoms with Gasteiger partial charge in [0.2, 0.25) is 5.91 Å². The summed E-state index contributed by atoms with van der Waals surface area (Å²) in [7, 11) is 0. The van der Waals surface area contributed by atoms with E-state index in [9.17, 15) is 14.4 Å². The largest absolute Gasteiger partial charge is 0.467 e. The van der Waals surface area contributed by atoms with E-state index >= 15 is 0 Å². The van der Waals surface area contributed by atoms with Crippen molar-refractivity contribution >= 4 is 17.7 Å². The van der Waals surface area contributed by atoms with Crippen LogP contribution in [0, 0.1) is 0 Å². The highest BCUT2D eigenvalue weighted by Crippen LogP contribution is 2.22. The number of carbonyl (C=O) groups is 3. The van der Waals surface area contributed by atoms with E-state index in [0.717, 1.165) is 5.76 Å². The lowest BCUT2D eigenvalue weighted by Gasteiger charge is -2.13. The Kier molecular flexibility index (Phi) is 6.38. The van der Waals surface area contributed by atoms with Crippen LogP contribution in [0.3, 0.4) is 0 Å². The van der Waals surface area contributed by atoms with Crippen molar-refractivity contribution in [3.63, 3.8) is 0 Å². The zero-order chi connectivity index (χ0) is 19.1. The Morgan fingerprint density at radius 2 is 1.78 bits per heavy atom. The van der Waals surface area contributed by atoms with Crippen molar-refractivity contribution in [1.82, 2.24) is 10.2 Å². The van der Waals surface area contributed by atoms with E-state index in [0.29, 0.717) is 43.7 Å². The van der Waals surface area contributed by atoms with Crippen LogP contribution in [0.15, 0.2) is 47.1 Å². The average Bonchev–Trinajstić information content (AvgIpc) is 3.27. The third kappa shape index (κ3) is 4.83. The van der Waals surface area contributed by atoms with Gasteiger partial charge in [-0.1, -0.05) is 12.1 Å². The van der Waals surface area contributed by atoms with E-state index in [-0.39, 0.29) is 30.7 Å². The first-order valence-corrected chi connectivity index (χ1v) is 8.99. The summed E-state index contributed by atoms with van der Waals surface area (Å²) >= 11 is 0. The number of fused-ring (bicyclic) bond motifs is 1. The van der Waals surface area contributed by atoms with Crippen molar-refractivity contribution in [3.8, 4) is 0 Å². The Balaban J connectivity index is 1.28. The van der Waals surface area contributed by atoms with Crippen LogP contribution in [0.2, 0.25) is 0 Å². The normalized spacial score (nSPS) is 13.1. The van der Waals surface area contributed by atoms with Gasteiger partial charge in [-0.3, -0.25) is 19.3 Å². The molecule has 0 radical (unpaired) electrons. The second-order valence-electron chi connectivity index (χ2n) is 6.25. The number of hydrogen-bond acceptors (Lipinski definition) is 5. The maximum atomic E-state index is 12.2. The molecule has 142 valence electrons. The summed E-state index contributed by atoms with van der Waals surface area (Å²) in [5, 5.41) is 2.81. The molecule has 0 aliphatic carbocycles. The molecule has 3 amide bonds. The lowest BCUT2D eigenvalue weighted by atomic mass is 10.1. The zero-order valence-electron chi connectivity index (χ0n) is 15.0. The van der Waals surface area contributed by atoms with Crippen LogP contribution < -0.4 is 5.32 Å². The van der Waals surface area contributed by atoms with Crippen molar-refractivity contribution in [3.05, 3.63) is 59.5 Å². The molecule has 1 N–H and O–H groups in total. The van der Waals surface area contributed by atoms with Gasteiger partial charge in [0.25, 0.3) is 11.8 Å². The maximum Gasteiger partial charge on any atom is 0.261 e. The number of nitrogens with zero attached hydrogens (tertiary/aromatic N) is 1. The minimum atomic E-state index is -0.287. The molecule has 0 spiro atoms. The van der Waals surface area contributed by atoms with Crippen LogP contribution in [0.4, 0.5) is 0 Å². The molecule has 0 atom stereocenters. The molecule has 0 fully saturated rings. The van der Waals surface area contributed by atoms with E-state index in [1.54, 1.807) is 36.6 Å². The highest BCUT2D eigenvalue weighted by atomic mass is 16.5. The quantitative estimate of drug-likeness (QED) is 0.512. The molecule has 1 aliphatic rings. The minimum Gasteiger partial charge on any atom is -0.467 e. The predicted octanol–water partition coefficient (Wildman–Crippen LogP) is 2.38. The number of rotatable bonds is 10. The van der Waals surface area contributed by atoms with Crippen LogP contribution in [0.5, 0.6) is 0 Å². The number of carbonyl (C=O) groups excluding carboxylic acids is 3. The number of hydrogen-bond donors (Lipinski definition) is 1. The zero-order valence-corrected chi connectivity index (χ0v) is 15.0. The fourth-order valence-electron chi connectivity index (χ4n) is 2.90. The number of amides is 3. The second-order valence-corrected chi connectivity index (χ2v) is 6.25. The molecule has 27 heavy (non-hydrogen) atoms. The standard InChI is InChI=1S/C20H22N2O5/c23-18(21-10-5-12-26-14-15-6-4-13-27-15)9-3-11-22-19(24)16-7-1-2-8-17(16)20(22)25/h1-2,4,6-8,13H,3,5,9-12,14H2,(H,21,23). The molecule has 1 aromatic carbocycles. The predicted molar refractivity (Wildman–Crippen MR) is 97.0 cm³/mol. The van der Waals surface area contributed by atoms with Crippen molar-refractivity contribution in [1.29, 1.82) is 0 Å². The topological polar surface area (TPSA) is 88.9 Å². The highest BCUT2D eigenvalue weighted by molar-refractivity contribution is 6.21. The number of ether oxygens (including phenoxy) is 1. The molecule has 0 unspecified atom stereocenters. The molecule has 1 aliphatic heterocycles. The number of imide groups is 1. The van der Waals surface area contributed by atoms with E-state index in [1.165, 1.54) is 4.90 Å². The van der Waals surface area contributed by atoms with Gasteiger partial charge in [-0.2, -0.15) is 0 Å². The molecule has 3 rings (SSSR count). The molecule has 0 saturated heterocycles. The van der Waals surface area contributed by atoms with Crippen molar-refractivity contribution in [2.75, 3.05) is 19.7 Å². The number of benzene rings is 1. The van der Waals surface area contributed by atoms with Crippen LogP contribution >= 0.6 is 0 Å². The SMILES string of the molecule is O=C(CCCN1C(=O)c2ccccc2C1=O)NCCCOCc1ccco1. The monoisotopic (exact) mass is 370 g/mol. The third-order valence-corrected chi connectivity index (χ3v) is 4.28. The lowest BCUT2D eigenvalue weighted by Crippen LogP contribution is -2.32. The number of nitrogens with one attached hydrogen (secondary N) is 1. The summed E-state index contributed by atoms with van der Waals surface area (Å²) in [6, 6.07) is 10.4. The van der Waals surface area contributed by atoms with Gasteiger partial charge in [0.05, 0.1) is 17.4 Å². The molecular weight excluding hydrogens is 348 g/mol. The molecule has 7 nitrogen and oxygen atoms in total. The van der Waals surface area contributed by atoms with Gasteiger partial charge in [0, 0.05) is 26.1 Å². The van der Waals surface area contributed by atoms with Crippen LogP contribution in [-0.2, 0) is 16.1 Å². The van der Waals surface area contributed by atoms with Crippen LogP contribution in [-0.4, -0.2) is 42.3 Å². The first kappa shape index (κ1) is 18.8. The van der Waals surface area contributed by atoms with Crippen LogP contribution in [0.1, 0.15) is 45.7 Å². The van der Waals surface area contributed by atoms with Gasteiger partial charge < -0.3 is 14.5 Å². The van der Waals surface area contributed by atoms with Gasteiger partial charge >= 0.3 is 0 Å². The van der Waals surface area contributed by atoms with Gasteiger partial charge in [-0.15, -0.1) is 0 Å². The van der Waals surface area contributed by atoms with Crippen molar-refractivity contribution in [2.45, 2.75) is 25.9 Å². The second kappa shape index (κ2) is 9.14. The Hall–Kier alpha value is -2.93. The van der Waals surface area contributed by atoms with Gasteiger partial charge in [-0.25, -0.2) is 0 Å². The Morgan fingerprint density at radius 3 is 2.44 bits per heavy atom. The van der Waals surface area contributed by atoms with Crippen LogP contribution in [0.25, 0.3) is 0 Å². The summed E-state index contributed by atoms with van der Waals surface area (Å²) in [6.07, 6.45) is 3.00. The number of furan rings is 1. The van der Waals surface area contributed by atoms with E-state index in [2.05, 4.69) is 5.32 Å². The fourth-order valence-corrected chi connectivity index (χ4v) is 2.90. The fraction of sp³-hybridized carbons (Fsp3) is 0.350. The average molecular weight is 370 g/mol. The van der Waals surface area contributed by atoms with Crippen molar-refractivity contribution in [2.24, 2.45) is 0 Å². The minimum absolute atomic E-state index is 0.0994. The first-order chi connectivity index (χ1) is 13.2. The molecular formula is C20H22N2O5. The summed E-state index contributed by atoms with van der Waals surface area (Å²) in [4.78, 5) is 37.5. The summed E-state index contributed by atoms with van der Waals surface area (Å²) < 4.78 is 10.6. The third-order valence-electron chi connectivity index (χ3n) is 4.28. The first-order valence-electron chi connectivity index (χ1n) is 8.99. The van der Waals surface area contributed by atoms with Gasteiger partial charge in [0.1, 0.15) is 12.4 Å². The molecule has 0 bridgehead atoms. The van der Waals surface area contributed by atoms with E-state index in [1.807, 2.05) is 6.07 Å².